The lowest BCUT2D eigenvalue weighted by atomic mass is 9.91. The summed E-state index contributed by atoms with van der Waals surface area (Å²) in [5.41, 5.74) is 4.52. The van der Waals surface area contributed by atoms with E-state index in [0.29, 0.717) is 13.2 Å². The van der Waals surface area contributed by atoms with Crippen molar-refractivity contribution >= 4 is 10.8 Å². The largest absolute Gasteiger partial charge is 0.490 e. The van der Waals surface area contributed by atoms with Crippen LogP contribution in [-0.2, 0) is 4.74 Å². The molecule has 0 bridgehead atoms. The van der Waals surface area contributed by atoms with E-state index in [2.05, 4.69) is 71.5 Å². The summed E-state index contributed by atoms with van der Waals surface area (Å²) in [5.74, 6) is 1.67. The Labute approximate surface area is 158 Å². The number of nitrogens with one attached hydrogen (secondary N) is 1. The molecule has 136 valence electrons. The molecule has 4 heteroatoms. The van der Waals surface area contributed by atoms with Crippen LogP contribution in [0.15, 0.2) is 67.0 Å². The molecule has 1 N–H and O–H groups in total. The van der Waals surface area contributed by atoms with Crippen LogP contribution in [-0.4, -0.2) is 30.3 Å². The van der Waals surface area contributed by atoms with Gasteiger partial charge in [0.2, 0.25) is 0 Å². The highest BCUT2D eigenvalue weighted by Gasteiger charge is 2.18. The van der Waals surface area contributed by atoms with Gasteiger partial charge in [-0.15, -0.1) is 0 Å². The Bertz CT molecular complexity index is 1060. The maximum atomic E-state index is 6.17. The van der Waals surface area contributed by atoms with Crippen molar-refractivity contribution in [2.75, 3.05) is 20.3 Å². The summed E-state index contributed by atoms with van der Waals surface area (Å²) in [6.07, 6.45) is 3.61. The maximum Gasteiger partial charge on any atom is 0.138 e. The summed E-state index contributed by atoms with van der Waals surface area (Å²) in [4.78, 5) is 7.68. The van der Waals surface area contributed by atoms with Crippen LogP contribution in [0.25, 0.3) is 33.3 Å². The molecule has 27 heavy (non-hydrogen) atoms. The fraction of sp³-hybridized carbons (Fsp3) is 0.174. The molecule has 4 aromatic rings. The smallest absolute Gasteiger partial charge is 0.138 e. The predicted octanol–water partition coefficient (Wildman–Crippen LogP) is 5.23. The SMILES string of the molecule is COCCOc1cc(-c2ncc[nH]2)c2ccccc2c1-c1ccccc1C. The standard InChI is InChI=1S/C23H22N2O2/c1-16-7-3-4-8-17(16)22-19-10-6-5-9-18(19)20(23-24-11-12-25-23)15-21(22)27-14-13-26-2/h3-12,15H,13-14H2,1-2H3,(H,24,25). The number of aryl methyl sites for hydroxylation is 1. The van der Waals surface area contributed by atoms with Crippen molar-refractivity contribution in [2.24, 2.45) is 0 Å². The topological polar surface area (TPSA) is 47.1 Å². The Balaban J connectivity index is 2.01. The van der Waals surface area contributed by atoms with E-state index in [4.69, 9.17) is 9.47 Å². The fourth-order valence-electron chi connectivity index (χ4n) is 3.44. The van der Waals surface area contributed by atoms with Gasteiger partial charge >= 0.3 is 0 Å². The van der Waals surface area contributed by atoms with E-state index in [9.17, 15) is 0 Å². The number of aromatic amines is 1. The zero-order chi connectivity index (χ0) is 18.6. The van der Waals surface area contributed by atoms with Crippen molar-refractivity contribution in [3.8, 4) is 28.3 Å². The molecule has 0 saturated heterocycles. The van der Waals surface area contributed by atoms with Crippen LogP contribution in [0.5, 0.6) is 5.75 Å². The molecule has 0 amide bonds. The first-order chi connectivity index (χ1) is 13.3. The molecule has 0 radical (unpaired) electrons. The fourth-order valence-corrected chi connectivity index (χ4v) is 3.44. The second-order valence-corrected chi connectivity index (χ2v) is 6.44. The van der Waals surface area contributed by atoms with Crippen LogP contribution in [0.4, 0.5) is 0 Å². The highest BCUT2D eigenvalue weighted by atomic mass is 16.5. The Morgan fingerprint density at radius 2 is 1.70 bits per heavy atom. The number of rotatable bonds is 6. The van der Waals surface area contributed by atoms with E-state index in [-0.39, 0.29) is 0 Å². The van der Waals surface area contributed by atoms with Crippen molar-refractivity contribution in [2.45, 2.75) is 6.92 Å². The molecule has 0 spiro atoms. The van der Waals surface area contributed by atoms with Crippen LogP contribution >= 0.6 is 0 Å². The number of methoxy groups -OCH3 is 1. The van der Waals surface area contributed by atoms with Crippen LogP contribution in [0.1, 0.15) is 5.56 Å². The molecule has 0 aliphatic heterocycles. The van der Waals surface area contributed by atoms with Gasteiger partial charge in [-0.2, -0.15) is 0 Å². The third-order valence-electron chi connectivity index (χ3n) is 4.72. The van der Waals surface area contributed by atoms with Gasteiger partial charge in [-0.25, -0.2) is 4.98 Å². The third kappa shape index (κ3) is 3.32. The van der Waals surface area contributed by atoms with Gasteiger partial charge in [0, 0.05) is 30.6 Å². The first kappa shape index (κ1) is 17.3. The van der Waals surface area contributed by atoms with Crippen molar-refractivity contribution in [1.29, 1.82) is 0 Å². The Morgan fingerprint density at radius 3 is 2.44 bits per heavy atom. The van der Waals surface area contributed by atoms with Gasteiger partial charge in [0.15, 0.2) is 0 Å². The number of ether oxygens (including phenoxy) is 2. The van der Waals surface area contributed by atoms with E-state index in [1.54, 1.807) is 13.3 Å². The van der Waals surface area contributed by atoms with E-state index < -0.39 is 0 Å². The normalized spacial score (nSPS) is 11.0. The summed E-state index contributed by atoms with van der Waals surface area (Å²) >= 11 is 0. The van der Waals surface area contributed by atoms with Gasteiger partial charge in [0.25, 0.3) is 0 Å². The average Bonchev–Trinajstić information content (AvgIpc) is 3.23. The van der Waals surface area contributed by atoms with Gasteiger partial charge in [-0.05, 0) is 34.9 Å². The lowest BCUT2D eigenvalue weighted by molar-refractivity contribution is 0.146. The van der Waals surface area contributed by atoms with Crippen molar-refractivity contribution in [3.05, 3.63) is 72.6 Å². The first-order valence-corrected chi connectivity index (χ1v) is 9.03. The van der Waals surface area contributed by atoms with Crippen LogP contribution in [0, 0.1) is 6.92 Å². The van der Waals surface area contributed by atoms with Crippen molar-refractivity contribution < 1.29 is 9.47 Å². The molecule has 4 nitrogen and oxygen atoms in total. The van der Waals surface area contributed by atoms with Crippen LogP contribution < -0.4 is 4.74 Å². The molecule has 0 aliphatic carbocycles. The van der Waals surface area contributed by atoms with Crippen LogP contribution in [0.2, 0.25) is 0 Å². The first-order valence-electron chi connectivity index (χ1n) is 9.03. The Hall–Kier alpha value is -3.11. The molecule has 1 heterocycles. The summed E-state index contributed by atoms with van der Waals surface area (Å²) in [6.45, 7) is 3.16. The minimum absolute atomic E-state index is 0.491. The van der Waals surface area contributed by atoms with E-state index in [1.807, 2.05) is 6.20 Å². The van der Waals surface area contributed by atoms with Crippen LogP contribution in [0.3, 0.4) is 0 Å². The summed E-state index contributed by atoms with van der Waals surface area (Å²) in [5, 5.41) is 2.29. The highest BCUT2D eigenvalue weighted by Crippen LogP contribution is 2.42. The Kier molecular flexibility index (Phi) is 4.90. The second kappa shape index (κ2) is 7.64. The van der Waals surface area contributed by atoms with Gasteiger partial charge < -0.3 is 14.5 Å². The number of benzene rings is 3. The number of H-pyrrole nitrogens is 1. The summed E-state index contributed by atoms with van der Waals surface area (Å²) < 4.78 is 11.3. The number of aromatic nitrogens is 2. The molecule has 4 rings (SSSR count). The highest BCUT2D eigenvalue weighted by molar-refractivity contribution is 6.07. The molecule has 0 fully saturated rings. The third-order valence-corrected chi connectivity index (χ3v) is 4.72. The summed E-state index contributed by atoms with van der Waals surface area (Å²) in [7, 11) is 1.68. The van der Waals surface area contributed by atoms with Gasteiger partial charge in [-0.3, -0.25) is 0 Å². The van der Waals surface area contributed by atoms with Crippen molar-refractivity contribution in [1.82, 2.24) is 9.97 Å². The number of fused-ring (bicyclic) bond motifs is 1. The lowest BCUT2D eigenvalue weighted by Crippen LogP contribution is -2.06. The number of nitrogens with zero attached hydrogens (tertiary/aromatic N) is 1. The molecule has 0 atom stereocenters. The van der Waals surface area contributed by atoms with E-state index >= 15 is 0 Å². The zero-order valence-corrected chi connectivity index (χ0v) is 15.5. The zero-order valence-electron chi connectivity index (χ0n) is 15.5. The monoisotopic (exact) mass is 358 g/mol. The number of hydrogen-bond donors (Lipinski definition) is 1. The molecular weight excluding hydrogens is 336 g/mol. The molecular formula is C23H22N2O2. The van der Waals surface area contributed by atoms with Gasteiger partial charge in [0.05, 0.1) is 6.61 Å². The molecule has 0 saturated carbocycles. The van der Waals surface area contributed by atoms with Gasteiger partial charge in [-0.1, -0.05) is 48.5 Å². The number of hydrogen-bond acceptors (Lipinski definition) is 3. The number of imidazole rings is 1. The van der Waals surface area contributed by atoms with E-state index in [0.717, 1.165) is 33.5 Å². The molecule has 0 unspecified atom stereocenters. The molecule has 3 aromatic carbocycles. The summed E-state index contributed by atoms with van der Waals surface area (Å²) in [6, 6.07) is 18.9. The minimum atomic E-state index is 0.491. The molecule has 1 aromatic heterocycles. The quantitative estimate of drug-likeness (QED) is 0.480. The predicted molar refractivity (Wildman–Crippen MR) is 109 cm³/mol. The Morgan fingerprint density at radius 1 is 0.926 bits per heavy atom. The maximum absolute atomic E-state index is 6.17. The minimum Gasteiger partial charge on any atom is -0.490 e. The van der Waals surface area contributed by atoms with E-state index in [1.165, 1.54) is 11.1 Å². The molecule has 0 aliphatic rings. The second-order valence-electron chi connectivity index (χ2n) is 6.44. The van der Waals surface area contributed by atoms with Crippen molar-refractivity contribution in [3.63, 3.8) is 0 Å². The average molecular weight is 358 g/mol. The van der Waals surface area contributed by atoms with Gasteiger partial charge in [0.1, 0.15) is 18.2 Å². The lowest BCUT2D eigenvalue weighted by Gasteiger charge is -2.18.